The molecule has 1 heterocycles. The average molecular weight is 182 g/mol. The van der Waals surface area contributed by atoms with Gasteiger partial charge in [-0.15, -0.1) is 0 Å². The van der Waals surface area contributed by atoms with E-state index in [9.17, 15) is 0 Å². The van der Waals surface area contributed by atoms with E-state index in [1.54, 1.807) is 19.4 Å². The molecule has 0 radical (unpaired) electrons. The van der Waals surface area contributed by atoms with E-state index >= 15 is 0 Å². The zero-order chi connectivity index (χ0) is 8.97. The van der Waals surface area contributed by atoms with Crippen molar-refractivity contribution in [1.29, 1.82) is 0 Å². The van der Waals surface area contributed by atoms with Crippen LogP contribution in [0.5, 0.6) is 5.88 Å². The zero-order valence-corrected chi connectivity index (χ0v) is 7.81. The summed E-state index contributed by atoms with van der Waals surface area (Å²) in [4.78, 5) is 4.73. The Hall–Kier alpha value is -1.16. The monoisotopic (exact) mass is 182 g/mol. The van der Waals surface area contributed by atoms with E-state index < -0.39 is 0 Å². The third kappa shape index (κ3) is 2.47. The van der Waals surface area contributed by atoms with Gasteiger partial charge in [0.2, 0.25) is 5.88 Å². The second kappa shape index (κ2) is 4.01. The Balaban J connectivity index is 2.71. The van der Waals surface area contributed by atoms with Gasteiger partial charge < -0.3 is 10.1 Å². The van der Waals surface area contributed by atoms with Crippen molar-refractivity contribution in [2.24, 2.45) is 0 Å². The summed E-state index contributed by atoms with van der Waals surface area (Å²) < 4.78 is 4.90. The van der Waals surface area contributed by atoms with Crippen LogP contribution in [0.15, 0.2) is 18.3 Å². The summed E-state index contributed by atoms with van der Waals surface area (Å²) in [7, 11) is 1.58. The first-order valence-corrected chi connectivity index (χ1v) is 3.91. The first kappa shape index (κ1) is 8.93. The molecular weight excluding hydrogens is 172 g/mol. The molecule has 0 saturated carbocycles. The first-order valence-electron chi connectivity index (χ1n) is 3.50. The molecule has 0 atom stereocenters. The molecular formula is C8H10N2OS. The van der Waals surface area contributed by atoms with Crippen molar-refractivity contribution >= 4 is 22.9 Å². The van der Waals surface area contributed by atoms with Crippen LogP contribution in [-0.4, -0.2) is 17.1 Å². The fourth-order valence-electron chi connectivity index (χ4n) is 0.778. The SMILES string of the molecule is COc1ccc(NC(C)=S)cn1. The van der Waals surface area contributed by atoms with Gasteiger partial charge in [0, 0.05) is 6.07 Å². The lowest BCUT2D eigenvalue weighted by Crippen LogP contribution is -2.03. The van der Waals surface area contributed by atoms with Crippen molar-refractivity contribution in [3.05, 3.63) is 18.3 Å². The average Bonchev–Trinajstić information content (AvgIpc) is 2.05. The summed E-state index contributed by atoms with van der Waals surface area (Å²) in [6.45, 7) is 1.82. The highest BCUT2D eigenvalue weighted by atomic mass is 32.1. The standard InChI is InChI=1S/C8H10N2OS/c1-6(12)10-7-3-4-8(11-2)9-5-7/h3-5H,1-2H3,(H,10,12). The second-order valence-corrected chi connectivity index (χ2v) is 2.88. The van der Waals surface area contributed by atoms with Gasteiger partial charge in [-0.3, -0.25) is 0 Å². The Morgan fingerprint density at radius 3 is 2.75 bits per heavy atom. The van der Waals surface area contributed by atoms with Gasteiger partial charge in [0.15, 0.2) is 0 Å². The van der Waals surface area contributed by atoms with Crippen LogP contribution < -0.4 is 10.1 Å². The summed E-state index contributed by atoms with van der Waals surface area (Å²) in [5.74, 6) is 0.600. The molecule has 0 amide bonds. The largest absolute Gasteiger partial charge is 0.481 e. The van der Waals surface area contributed by atoms with Crippen LogP contribution in [0.1, 0.15) is 6.92 Å². The molecule has 0 unspecified atom stereocenters. The van der Waals surface area contributed by atoms with E-state index in [-0.39, 0.29) is 0 Å². The molecule has 3 nitrogen and oxygen atoms in total. The predicted molar refractivity (Wildman–Crippen MR) is 52.7 cm³/mol. The molecule has 1 rings (SSSR count). The van der Waals surface area contributed by atoms with Crippen molar-refractivity contribution in [1.82, 2.24) is 4.98 Å². The number of thiocarbonyl (C=S) groups is 1. The van der Waals surface area contributed by atoms with Crippen molar-refractivity contribution in [2.45, 2.75) is 6.92 Å². The van der Waals surface area contributed by atoms with Crippen LogP contribution in [0.3, 0.4) is 0 Å². The van der Waals surface area contributed by atoms with Gasteiger partial charge >= 0.3 is 0 Å². The highest BCUT2D eigenvalue weighted by Crippen LogP contribution is 2.10. The molecule has 0 aliphatic rings. The predicted octanol–water partition coefficient (Wildman–Crippen LogP) is 1.85. The van der Waals surface area contributed by atoms with Crippen LogP contribution in [0, 0.1) is 0 Å². The molecule has 0 fully saturated rings. The van der Waals surface area contributed by atoms with Gasteiger partial charge in [0.25, 0.3) is 0 Å². The second-order valence-electron chi connectivity index (χ2n) is 2.27. The van der Waals surface area contributed by atoms with Crippen LogP contribution >= 0.6 is 12.2 Å². The van der Waals surface area contributed by atoms with E-state index in [0.29, 0.717) is 5.88 Å². The minimum Gasteiger partial charge on any atom is -0.481 e. The number of hydrogen-bond donors (Lipinski definition) is 1. The molecule has 64 valence electrons. The zero-order valence-electron chi connectivity index (χ0n) is 7.00. The number of hydrogen-bond acceptors (Lipinski definition) is 3. The summed E-state index contributed by atoms with van der Waals surface area (Å²) in [5.41, 5.74) is 0.878. The lowest BCUT2D eigenvalue weighted by Gasteiger charge is -2.03. The minimum atomic E-state index is 0.600. The molecule has 0 spiro atoms. The fourth-order valence-corrected chi connectivity index (χ4v) is 0.896. The van der Waals surface area contributed by atoms with Gasteiger partial charge in [-0.2, -0.15) is 0 Å². The van der Waals surface area contributed by atoms with Crippen molar-refractivity contribution in [3.8, 4) is 5.88 Å². The Kier molecular flexibility index (Phi) is 2.99. The molecule has 0 aliphatic carbocycles. The molecule has 1 aromatic rings. The van der Waals surface area contributed by atoms with Gasteiger partial charge in [-0.25, -0.2) is 4.98 Å². The number of pyridine rings is 1. The first-order chi connectivity index (χ1) is 5.72. The van der Waals surface area contributed by atoms with Crippen LogP contribution in [0.4, 0.5) is 5.69 Å². The van der Waals surface area contributed by atoms with E-state index in [1.807, 2.05) is 13.0 Å². The van der Waals surface area contributed by atoms with Crippen LogP contribution in [-0.2, 0) is 0 Å². The maximum absolute atomic E-state index is 4.90. The third-order valence-electron chi connectivity index (χ3n) is 1.27. The molecule has 12 heavy (non-hydrogen) atoms. The maximum Gasteiger partial charge on any atom is 0.213 e. The molecule has 4 heteroatoms. The molecule has 0 aliphatic heterocycles. The Bertz CT molecular complexity index is 271. The lowest BCUT2D eigenvalue weighted by molar-refractivity contribution is 0.398. The van der Waals surface area contributed by atoms with E-state index in [1.165, 1.54) is 0 Å². The number of nitrogens with zero attached hydrogens (tertiary/aromatic N) is 1. The highest BCUT2D eigenvalue weighted by molar-refractivity contribution is 7.80. The number of nitrogens with one attached hydrogen (secondary N) is 1. The number of methoxy groups -OCH3 is 1. The third-order valence-corrected chi connectivity index (χ3v) is 1.37. The van der Waals surface area contributed by atoms with Gasteiger partial charge in [-0.1, -0.05) is 12.2 Å². The summed E-state index contributed by atoms with van der Waals surface area (Å²) in [6.07, 6.45) is 1.68. The lowest BCUT2D eigenvalue weighted by atomic mass is 10.4. The molecule has 0 bridgehead atoms. The maximum atomic E-state index is 4.90. The van der Waals surface area contributed by atoms with E-state index in [2.05, 4.69) is 10.3 Å². The van der Waals surface area contributed by atoms with Gasteiger partial charge in [0.1, 0.15) is 0 Å². The Morgan fingerprint density at radius 1 is 1.58 bits per heavy atom. The van der Waals surface area contributed by atoms with Crippen molar-refractivity contribution in [3.63, 3.8) is 0 Å². The summed E-state index contributed by atoms with van der Waals surface area (Å²) in [6, 6.07) is 3.64. The number of rotatable bonds is 2. The number of aromatic nitrogens is 1. The smallest absolute Gasteiger partial charge is 0.213 e. The minimum absolute atomic E-state index is 0.600. The van der Waals surface area contributed by atoms with Crippen molar-refractivity contribution in [2.75, 3.05) is 12.4 Å². The number of anilines is 1. The molecule has 0 saturated heterocycles. The van der Waals surface area contributed by atoms with E-state index in [4.69, 9.17) is 17.0 Å². The van der Waals surface area contributed by atoms with Crippen LogP contribution in [0.25, 0.3) is 0 Å². The van der Waals surface area contributed by atoms with Crippen molar-refractivity contribution < 1.29 is 4.74 Å². The normalized spacial score (nSPS) is 9.17. The van der Waals surface area contributed by atoms with Crippen LogP contribution in [0.2, 0.25) is 0 Å². The Morgan fingerprint density at radius 2 is 2.33 bits per heavy atom. The molecule has 0 aromatic carbocycles. The highest BCUT2D eigenvalue weighted by Gasteiger charge is 1.94. The number of ether oxygens (including phenoxy) is 1. The quantitative estimate of drug-likeness (QED) is 0.708. The van der Waals surface area contributed by atoms with Gasteiger partial charge in [0.05, 0.1) is 24.0 Å². The topological polar surface area (TPSA) is 34.1 Å². The summed E-state index contributed by atoms with van der Waals surface area (Å²) >= 11 is 4.87. The fraction of sp³-hybridized carbons (Fsp3) is 0.250. The van der Waals surface area contributed by atoms with Gasteiger partial charge in [-0.05, 0) is 13.0 Å². The molecule has 1 N–H and O–H groups in total. The van der Waals surface area contributed by atoms with E-state index in [0.717, 1.165) is 10.7 Å². The Labute approximate surface area is 76.8 Å². The summed E-state index contributed by atoms with van der Waals surface area (Å²) in [5, 5.41) is 2.97. The molecule has 1 aromatic heterocycles.